The molecule has 3 saturated carbocycles. The zero-order valence-corrected chi connectivity index (χ0v) is 14.1. The summed E-state index contributed by atoms with van der Waals surface area (Å²) in [4.78, 5) is 0. The number of aliphatic hydroxyl groups is 1. The van der Waals surface area contributed by atoms with Crippen LogP contribution in [0.15, 0.2) is 12.2 Å². The van der Waals surface area contributed by atoms with E-state index in [1.807, 2.05) is 0 Å². The minimum absolute atomic E-state index is 0.178. The summed E-state index contributed by atoms with van der Waals surface area (Å²) in [5, 5.41) is 10.1. The first-order valence-electron chi connectivity index (χ1n) is 9.17. The predicted octanol–water partition coefficient (Wildman–Crippen LogP) is 4.95. The summed E-state index contributed by atoms with van der Waals surface area (Å²) in [5.41, 5.74) is 1.64. The maximum Gasteiger partial charge on any atom is 0.0487 e. The average Bonchev–Trinajstić information content (AvgIpc) is 2.69. The molecule has 21 heavy (non-hydrogen) atoms. The molecule has 1 spiro atoms. The molecule has 1 unspecified atom stereocenters. The Morgan fingerprint density at radius 3 is 2.48 bits per heavy atom. The Balaban J connectivity index is 1.74. The highest BCUT2D eigenvalue weighted by molar-refractivity contribution is 5.25. The predicted molar refractivity (Wildman–Crippen MR) is 86.9 cm³/mol. The second-order valence-electron chi connectivity index (χ2n) is 9.75. The van der Waals surface area contributed by atoms with Crippen LogP contribution in [0.2, 0.25) is 0 Å². The highest BCUT2D eigenvalue weighted by Gasteiger charge is 2.63. The first-order valence-corrected chi connectivity index (χ1v) is 9.17. The topological polar surface area (TPSA) is 20.2 Å². The molecule has 1 heteroatoms. The lowest BCUT2D eigenvalue weighted by molar-refractivity contribution is -0.154. The number of hydrogen-bond donors (Lipinski definition) is 1. The minimum atomic E-state index is 0.178. The number of aliphatic hydroxyl groups excluding tert-OH is 1. The molecular formula is C20H32O. The van der Waals surface area contributed by atoms with Crippen molar-refractivity contribution in [3.05, 3.63) is 12.2 Å². The fourth-order valence-corrected chi connectivity index (χ4v) is 7.46. The molecule has 0 aromatic rings. The highest BCUT2D eigenvalue weighted by Crippen LogP contribution is 2.71. The van der Waals surface area contributed by atoms with E-state index in [0.717, 1.165) is 11.8 Å². The molecule has 0 amide bonds. The molecule has 0 aromatic carbocycles. The van der Waals surface area contributed by atoms with Crippen LogP contribution in [0.25, 0.3) is 0 Å². The Kier molecular flexibility index (Phi) is 2.83. The third-order valence-electron chi connectivity index (χ3n) is 8.41. The maximum absolute atomic E-state index is 10.1. The third kappa shape index (κ3) is 1.73. The molecule has 0 saturated heterocycles. The Bertz CT molecular complexity index is 482. The van der Waals surface area contributed by atoms with E-state index in [2.05, 4.69) is 32.9 Å². The standard InChI is InChI=1S/C20H32O/c1-17-9-5-16-19(3)8-4-7-18(2,14-21)15(19)6-10-20(16,13-17)12-11-17/h11-12,15-16,21H,4-10,13-14H2,1-3H3/t15-,16+,17-,18-,19-,20?/m1/s1. The third-order valence-corrected chi connectivity index (χ3v) is 8.41. The summed E-state index contributed by atoms with van der Waals surface area (Å²) in [5.74, 6) is 1.60. The molecule has 2 bridgehead atoms. The van der Waals surface area contributed by atoms with E-state index in [1.165, 1.54) is 51.4 Å². The molecule has 0 radical (unpaired) electrons. The number of hydrogen-bond acceptors (Lipinski definition) is 1. The molecule has 1 nitrogen and oxygen atoms in total. The molecule has 4 aliphatic rings. The number of rotatable bonds is 1. The zero-order valence-electron chi connectivity index (χ0n) is 14.1. The van der Waals surface area contributed by atoms with Crippen molar-refractivity contribution in [2.75, 3.05) is 6.61 Å². The molecule has 0 aliphatic heterocycles. The molecule has 0 aromatic heterocycles. The van der Waals surface area contributed by atoms with Crippen molar-refractivity contribution in [1.82, 2.24) is 0 Å². The second-order valence-corrected chi connectivity index (χ2v) is 9.75. The van der Waals surface area contributed by atoms with Crippen LogP contribution in [0.5, 0.6) is 0 Å². The lowest BCUT2D eigenvalue weighted by Crippen LogP contribution is -2.57. The lowest BCUT2D eigenvalue weighted by atomic mass is 9.40. The van der Waals surface area contributed by atoms with Gasteiger partial charge in [0.2, 0.25) is 0 Å². The van der Waals surface area contributed by atoms with Crippen LogP contribution in [-0.4, -0.2) is 11.7 Å². The van der Waals surface area contributed by atoms with E-state index in [4.69, 9.17) is 0 Å². The van der Waals surface area contributed by atoms with Gasteiger partial charge in [0.25, 0.3) is 0 Å². The lowest BCUT2D eigenvalue weighted by Gasteiger charge is -2.64. The molecule has 4 rings (SSSR count). The van der Waals surface area contributed by atoms with Gasteiger partial charge in [-0.2, -0.15) is 0 Å². The van der Waals surface area contributed by atoms with Gasteiger partial charge in [-0.1, -0.05) is 39.3 Å². The highest BCUT2D eigenvalue weighted by atomic mass is 16.3. The van der Waals surface area contributed by atoms with Crippen LogP contribution in [0, 0.1) is 33.5 Å². The Morgan fingerprint density at radius 1 is 0.952 bits per heavy atom. The SMILES string of the molecule is C[C@]12C=CC3(CC[C@@H]4[C@@](C)(CO)CCC[C@@]4(C)[C@@H]3CC1)C2. The summed E-state index contributed by atoms with van der Waals surface area (Å²) in [6.07, 6.45) is 16.1. The number of fused-ring (bicyclic) bond motifs is 3. The molecule has 0 heterocycles. The van der Waals surface area contributed by atoms with E-state index in [0.29, 0.717) is 22.9 Å². The molecule has 118 valence electrons. The minimum Gasteiger partial charge on any atom is -0.396 e. The van der Waals surface area contributed by atoms with E-state index in [9.17, 15) is 5.11 Å². The monoisotopic (exact) mass is 288 g/mol. The van der Waals surface area contributed by atoms with E-state index in [-0.39, 0.29) is 5.41 Å². The first-order chi connectivity index (χ1) is 9.86. The van der Waals surface area contributed by atoms with Gasteiger partial charge in [0, 0.05) is 6.61 Å². The van der Waals surface area contributed by atoms with Crippen molar-refractivity contribution < 1.29 is 5.11 Å². The molecule has 3 fully saturated rings. The fourth-order valence-electron chi connectivity index (χ4n) is 7.46. The van der Waals surface area contributed by atoms with E-state index in [1.54, 1.807) is 0 Å². The molecule has 4 aliphatic carbocycles. The average molecular weight is 288 g/mol. The van der Waals surface area contributed by atoms with Crippen molar-refractivity contribution in [2.45, 2.75) is 72.1 Å². The van der Waals surface area contributed by atoms with Gasteiger partial charge in [-0.25, -0.2) is 0 Å². The van der Waals surface area contributed by atoms with Crippen LogP contribution in [-0.2, 0) is 0 Å². The van der Waals surface area contributed by atoms with Gasteiger partial charge in [0.05, 0.1) is 0 Å². The van der Waals surface area contributed by atoms with Crippen LogP contribution in [0.4, 0.5) is 0 Å². The molecule has 1 N–H and O–H groups in total. The Hall–Kier alpha value is -0.300. The van der Waals surface area contributed by atoms with Crippen molar-refractivity contribution in [3.8, 4) is 0 Å². The van der Waals surface area contributed by atoms with E-state index >= 15 is 0 Å². The summed E-state index contributed by atoms with van der Waals surface area (Å²) in [6.45, 7) is 7.82. The maximum atomic E-state index is 10.1. The Labute approximate surface area is 130 Å². The van der Waals surface area contributed by atoms with Gasteiger partial charge in [-0.15, -0.1) is 0 Å². The normalized spacial score (nSPS) is 58.7. The fraction of sp³-hybridized carbons (Fsp3) is 0.900. The summed E-state index contributed by atoms with van der Waals surface area (Å²) >= 11 is 0. The quantitative estimate of drug-likeness (QED) is 0.677. The van der Waals surface area contributed by atoms with Gasteiger partial charge in [-0.3, -0.25) is 0 Å². The van der Waals surface area contributed by atoms with Crippen molar-refractivity contribution >= 4 is 0 Å². The van der Waals surface area contributed by atoms with Crippen molar-refractivity contribution in [3.63, 3.8) is 0 Å². The largest absolute Gasteiger partial charge is 0.396 e. The van der Waals surface area contributed by atoms with Gasteiger partial charge >= 0.3 is 0 Å². The molecular weight excluding hydrogens is 256 g/mol. The smallest absolute Gasteiger partial charge is 0.0487 e. The summed E-state index contributed by atoms with van der Waals surface area (Å²) in [6, 6.07) is 0. The van der Waals surface area contributed by atoms with Crippen LogP contribution in [0.1, 0.15) is 72.1 Å². The van der Waals surface area contributed by atoms with Crippen LogP contribution in [0.3, 0.4) is 0 Å². The van der Waals surface area contributed by atoms with Gasteiger partial charge in [0.15, 0.2) is 0 Å². The second kappa shape index (κ2) is 4.16. The number of allylic oxidation sites excluding steroid dienone is 2. The van der Waals surface area contributed by atoms with Gasteiger partial charge in [-0.05, 0) is 78.4 Å². The van der Waals surface area contributed by atoms with Gasteiger partial charge < -0.3 is 5.11 Å². The van der Waals surface area contributed by atoms with Crippen molar-refractivity contribution in [2.24, 2.45) is 33.5 Å². The van der Waals surface area contributed by atoms with Gasteiger partial charge in [0.1, 0.15) is 0 Å². The first kappa shape index (κ1) is 14.3. The summed E-state index contributed by atoms with van der Waals surface area (Å²) < 4.78 is 0. The zero-order chi connectivity index (χ0) is 14.9. The van der Waals surface area contributed by atoms with Crippen LogP contribution < -0.4 is 0 Å². The Morgan fingerprint density at radius 2 is 1.71 bits per heavy atom. The molecule has 6 atom stereocenters. The van der Waals surface area contributed by atoms with Crippen LogP contribution >= 0.6 is 0 Å². The van der Waals surface area contributed by atoms with E-state index < -0.39 is 0 Å². The summed E-state index contributed by atoms with van der Waals surface area (Å²) in [7, 11) is 0. The van der Waals surface area contributed by atoms with Crippen molar-refractivity contribution in [1.29, 1.82) is 0 Å².